The summed E-state index contributed by atoms with van der Waals surface area (Å²) in [5.41, 5.74) is 29.0. The van der Waals surface area contributed by atoms with Crippen LogP contribution in [0.15, 0.2) is 0 Å². The molecule has 1 heterocycles. The van der Waals surface area contributed by atoms with Gasteiger partial charge in [-0.1, -0.05) is 46.5 Å². The van der Waals surface area contributed by atoms with Crippen molar-refractivity contribution in [2.75, 3.05) is 39.3 Å². The minimum Gasteiger partial charge on any atom is -0.391 e. The second kappa shape index (κ2) is 38.5. The molecule has 1 aliphatic heterocycles. The van der Waals surface area contributed by atoms with E-state index in [-0.39, 0.29) is 83.6 Å². The van der Waals surface area contributed by atoms with E-state index in [9.17, 15) is 68.1 Å². The molecule has 0 bridgehead atoms. The van der Waals surface area contributed by atoms with Crippen LogP contribution in [0.1, 0.15) is 125 Å². The van der Waals surface area contributed by atoms with E-state index < -0.39 is 157 Å². The van der Waals surface area contributed by atoms with Gasteiger partial charge in [0, 0.05) is 13.0 Å². The summed E-state index contributed by atoms with van der Waals surface area (Å²) < 4.78 is 0. The Morgan fingerprint density at radius 3 is 1.45 bits per heavy atom. The number of aliphatic hydroxyl groups excluding tert-OH is 3. The molecule has 11 amide bonds. The number of hydrogen-bond donors (Lipinski definition) is 19. The van der Waals surface area contributed by atoms with Gasteiger partial charge in [0.25, 0.3) is 0 Å². The van der Waals surface area contributed by atoms with Gasteiger partial charge < -0.3 is 102 Å². The van der Waals surface area contributed by atoms with Crippen molar-refractivity contribution in [3.63, 3.8) is 0 Å². The van der Waals surface area contributed by atoms with Gasteiger partial charge >= 0.3 is 0 Å². The van der Waals surface area contributed by atoms with E-state index in [1.54, 1.807) is 13.8 Å². The Morgan fingerprint density at radius 2 is 0.975 bits per heavy atom. The molecule has 0 aromatic carbocycles. The van der Waals surface area contributed by atoms with Crippen LogP contribution >= 0.6 is 0 Å². The van der Waals surface area contributed by atoms with Crippen molar-refractivity contribution in [3.05, 3.63) is 0 Å². The van der Waals surface area contributed by atoms with E-state index in [4.69, 9.17) is 28.7 Å². The number of rotatable bonds is 28. The fourth-order valence-corrected chi connectivity index (χ4v) is 8.34. The Kier molecular flexibility index (Phi) is 34.6. The lowest BCUT2D eigenvalue weighted by atomic mass is 10.0. The van der Waals surface area contributed by atoms with Gasteiger partial charge in [-0.3, -0.25) is 52.7 Å². The molecule has 13 atom stereocenters. The van der Waals surface area contributed by atoms with Crippen LogP contribution in [0.4, 0.5) is 0 Å². The summed E-state index contributed by atoms with van der Waals surface area (Å²) in [5, 5.41) is 59.3. The summed E-state index contributed by atoms with van der Waals surface area (Å²) in [6, 6.07) is -15.4. The Balaban J connectivity index is 3.80. The number of nitrogens with two attached hydrogens (primary N) is 5. The summed E-state index contributed by atoms with van der Waals surface area (Å²) in [5.74, 6) is -10.6. The van der Waals surface area contributed by atoms with E-state index in [0.29, 0.717) is 6.42 Å². The van der Waals surface area contributed by atoms with Crippen LogP contribution in [0.2, 0.25) is 0 Å². The molecule has 0 aromatic rings. The average Bonchev–Trinajstić information content (AvgIpc) is 3.38. The molecule has 1 rings (SSSR count). The monoisotopic (exact) mass is 1140 g/mol. The van der Waals surface area contributed by atoms with Crippen LogP contribution in [0.3, 0.4) is 0 Å². The lowest BCUT2D eigenvalue weighted by Gasteiger charge is -2.29. The Morgan fingerprint density at radius 1 is 0.525 bits per heavy atom. The maximum Gasteiger partial charge on any atom is 0.245 e. The third-order valence-electron chi connectivity index (χ3n) is 12.9. The normalized spacial score (nSPS) is 23.6. The SMILES string of the molecule is CCCCCCCC(=O)N[C@@H](CCN)C(=O)N[C@H](C(=O)N[C@@H](CCN)C(=O)N[C@H]1CCNC(=O)[C@H]([C@@H](C)O)NC(=O)[C@H](CCN)NC(=O)[C@H](CCN)NC(=O)[C@H]([C@@H](C)O)NC(=O)[C@@H](CC(C)C)NC(=O)[C@H](CCN)NC1=O)[C@@H](C)O. The van der Waals surface area contributed by atoms with E-state index in [1.807, 2.05) is 0 Å². The molecular weight excluding hydrogens is 1050 g/mol. The van der Waals surface area contributed by atoms with E-state index in [0.717, 1.165) is 25.7 Å². The van der Waals surface area contributed by atoms with Gasteiger partial charge in [-0.15, -0.1) is 0 Å². The van der Waals surface area contributed by atoms with Crippen LogP contribution in [0.25, 0.3) is 0 Å². The summed E-state index contributed by atoms with van der Waals surface area (Å²) >= 11 is 0. The molecule has 0 aromatic heterocycles. The topological polar surface area (TPSA) is 511 Å². The lowest BCUT2D eigenvalue weighted by molar-refractivity contribution is -0.137. The number of carbonyl (C=O) groups is 11. The van der Waals surface area contributed by atoms with Crippen molar-refractivity contribution in [1.29, 1.82) is 0 Å². The maximum absolute atomic E-state index is 14.4. The Labute approximate surface area is 468 Å². The molecule has 458 valence electrons. The second-order valence-electron chi connectivity index (χ2n) is 20.4. The van der Waals surface area contributed by atoms with Crippen LogP contribution in [-0.2, 0) is 52.7 Å². The highest BCUT2D eigenvalue weighted by atomic mass is 16.3. The van der Waals surface area contributed by atoms with Gasteiger partial charge in [0.1, 0.15) is 60.4 Å². The molecule has 0 saturated carbocycles. The van der Waals surface area contributed by atoms with Crippen LogP contribution in [0.5, 0.6) is 0 Å². The molecular formula is C50H94N16O14. The first-order valence-corrected chi connectivity index (χ1v) is 27.7. The van der Waals surface area contributed by atoms with E-state index in [2.05, 4.69) is 65.4 Å². The molecule has 30 nitrogen and oxygen atoms in total. The van der Waals surface area contributed by atoms with E-state index in [1.165, 1.54) is 20.8 Å². The summed E-state index contributed by atoms with van der Waals surface area (Å²) in [6.07, 6.45) is -1.70. The summed E-state index contributed by atoms with van der Waals surface area (Å²) in [7, 11) is 0. The van der Waals surface area contributed by atoms with Gasteiger partial charge in [0.05, 0.1) is 18.3 Å². The van der Waals surface area contributed by atoms with Crippen LogP contribution in [0, 0.1) is 5.92 Å². The van der Waals surface area contributed by atoms with E-state index >= 15 is 0 Å². The molecule has 30 heteroatoms. The molecule has 0 radical (unpaired) electrons. The van der Waals surface area contributed by atoms with Gasteiger partial charge in [0.15, 0.2) is 0 Å². The first-order valence-electron chi connectivity index (χ1n) is 27.7. The minimum atomic E-state index is -1.73. The lowest BCUT2D eigenvalue weighted by Crippen LogP contribution is -2.62. The zero-order valence-corrected chi connectivity index (χ0v) is 47.2. The van der Waals surface area contributed by atoms with Gasteiger partial charge in [-0.2, -0.15) is 0 Å². The van der Waals surface area contributed by atoms with Crippen LogP contribution < -0.4 is 87.2 Å². The van der Waals surface area contributed by atoms with Crippen molar-refractivity contribution in [2.24, 2.45) is 34.6 Å². The Bertz CT molecular complexity index is 2020. The van der Waals surface area contributed by atoms with Crippen molar-refractivity contribution < 1.29 is 68.1 Å². The number of carbonyl (C=O) groups excluding carboxylic acids is 11. The maximum atomic E-state index is 14.4. The molecule has 24 N–H and O–H groups in total. The molecule has 1 saturated heterocycles. The quantitative estimate of drug-likeness (QED) is 0.0324. The highest BCUT2D eigenvalue weighted by molar-refractivity contribution is 5.99. The largest absolute Gasteiger partial charge is 0.391 e. The predicted octanol–water partition coefficient (Wildman–Crippen LogP) is -7.35. The molecule has 80 heavy (non-hydrogen) atoms. The number of unbranched alkanes of at least 4 members (excludes halogenated alkanes) is 4. The van der Waals surface area contributed by atoms with Crippen molar-refractivity contribution in [3.8, 4) is 0 Å². The molecule has 0 aliphatic carbocycles. The Hall–Kier alpha value is -6.15. The van der Waals surface area contributed by atoms with Crippen LogP contribution in [-0.4, -0.2) is 198 Å². The van der Waals surface area contributed by atoms with Crippen molar-refractivity contribution in [2.45, 2.75) is 204 Å². The standard InChI is InChI=1S/C50H94N16O14/c1-7-8-9-10-11-12-37(70)57-30(13-19-51)45(75)65-39(28(5)68)49(79)62-33(16-22-54)42(72)60-35-18-24-56-48(78)38(27(4)67)64-46(76)34(17-23-55)59-41(71)32(15-21-53)61-50(80)40(29(6)69)66-47(77)36(25-26(2)3)63-43(73)31(14-20-52)58-44(35)74/h26-36,38-40,67-69H,7-25,51-55H2,1-6H3,(H,56,78)(H,57,70)(H,58,74)(H,59,71)(H,60,72)(H,61,80)(H,62,79)(H,63,73)(H,64,76)(H,65,75)(H,66,77)/t27-,28-,29-,30+,31+,32+,33+,34+,35+,36-,38+,39+,40+/m1/s1. The molecule has 1 fully saturated rings. The van der Waals surface area contributed by atoms with Crippen molar-refractivity contribution >= 4 is 65.0 Å². The number of hydrogen-bond acceptors (Lipinski definition) is 19. The summed E-state index contributed by atoms with van der Waals surface area (Å²) in [4.78, 5) is 152. The molecule has 0 spiro atoms. The zero-order chi connectivity index (χ0) is 60.6. The smallest absolute Gasteiger partial charge is 0.245 e. The number of aliphatic hydroxyl groups is 3. The average molecular weight is 1140 g/mol. The zero-order valence-electron chi connectivity index (χ0n) is 47.2. The number of amides is 11. The highest BCUT2D eigenvalue weighted by Crippen LogP contribution is 2.11. The first kappa shape index (κ1) is 71.9. The summed E-state index contributed by atoms with van der Waals surface area (Å²) in [6.45, 7) is 7.79. The van der Waals surface area contributed by atoms with Gasteiger partial charge in [0.2, 0.25) is 65.0 Å². The van der Waals surface area contributed by atoms with Gasteiger partial charge in [-0.25, -0.2) is 0 Å². The predicted molar refractivity (Wildman–Crippen MR) is 293 cm³/mol. The number of nitrogens with one attached hydrogen (secondary N) is 11. The highest BCUT2D eigenvalue weighted by Gasteiger charge is 2.38. The fraction of sp³-hybridized carbons (Fsp3) is 0.780. The second-order valence-corrected chi connectivity index (χ2v) is 20.4. The fourth-order valence-electron chi connectivity index (χ4n) is 8.34. The molecule has 1 aliphatic rings. The minimum absolute atomic E-state index is 0.0185. The molecule has 0 unspecified atom stereocenters. The van der Waals surface area contributed by atoms with Gasteiger partial charge in [-0.05, 0) is 111 Å². The third kappa shape index (κ3) is 26.0. The first-order chi connectivity index (χ1) is 37.8. The third-order valence-corrected chi connectivity index (χ3v) is 12.9. The van der Waals surface area contributed by atoms with Crippen molar-refractivity contribution in [1.82, 2.24) is 58.5 Å².